The highest BCUT2D eigenvalue weighted by Gasteiger charge is 2.16. The molecule has 0 spiro atoms. The van der Waals surface area contributed by atoms with Crippen LogP contribution in [0.15, 0.2) is 59.8 Å². The molecule has 156 valence electrons. The number of carbonyl (C=O) groups excluding carboxylic acids is 1. The molecule has 7 nitrogen and oxygen atoms in total. The lowest BCUT2D eigenvalue weighted by Crippen LogP contribution is -2.38. The molecule has 0 saturated heterocycles. The van der Waals surface area contributed by atoms with Crippen LogP contribution in [0.3, 0.4) is 0 Å². The fraction of sp³-hybridized carbons (Fsp3) is 0.333. The molecule has 1 heterocycles. The van der Waals surface area contributed by atoms with Gasteiger partial charge in [-0.05, 0) is 24.1 Å². The van der Waals surface area contributed by atoms with Gasteiger partial charge in [0.1, 0.15) is 4.90 Å². The molecule has 0 radical (unpaired) electrons. The lowest BCUT2D eigenvalue weighted by atomic mass is 10.1. The molecule has 1 aromatic carbocycles. The van der Waals surface area contributed by atoms with E-state index < -0.39 is 10.0 Å². The van der Waals surface area contributed by atoms with Crippen molar-refractivity contribution in [2.24, 2.45) is 5.73 Å². The van der Waals surface area contributed by atoms with Gasteiger partial charge in [-0.15, -0.1) is 24.8 Å². The Hall–Kier alpha value is -1.71. The number of nitrogens with two attached hydrogens (primary N) is 1. The minimum Gasteiger partial charge on any atom is -0.341 e. The van der Waals surface area contributed by atoms with Crippen LogP contribution in [-0.4, -0.2) is 50.4 Å². The molecule has 0 fully saturated rings. The van der Waals surface area contributed by atoms with Gasteiger partial charge < -0.3 is 10.6 Å². The number of hydrogen-bond acceptors (Lipinski definition) is 5. The summed E-state index contributed by atoms with van der Waals surface area (Å²) in [5.41, 5.74) is 6.74. The van der Waals surface area contributed by atoms with Crippen molar-refractivity contribution in [1.29, 1.82) is 0 Å². The van der Waals surface area contributed by atoms with E-state index in [1.165, 1.54) is 18.5 Å². The molecule has 0 atom stereocenters. The minimum atomic E-state index is -3.66. The van der Waals surface area contributed by atoms with Crippen molar-refractivity contribution in [2.45, 2.75) is 17.7 Å². The summed E-state index contributed by atoms with van der Waals surface area (Å²) >= 11 is 0. The molecule has 0 unspecified atom stereocenters. The highest BCUT2D eigenvalue weighted by atomic mass is 35.5. The fourth-order valence-electron chi connectivity index (χ4n) is 2.47. The van der Waals surface area contributed by atoms with Gasteiger partial charge in [-0.25, -0.2) is 13.1 Å². The van der Waals surface area contributed by atoms with E-state index >= 15 is 0 Å². The molecule has 0 saturated carbocycles. The Labute approximate surface area is 178 Å². The molecule has 0 aliphatic rings. The maximum atomic E-state index is 12.4. The Morgan fingerprint density at radius 2 is 1.79 bits per heavy atom. The standard InChI is InChI=1S/C18H24N4O3S.2ClH/c19-10-14-22(13-9-16-5-2-1-3-6-16)18(23)8-12-21-26(24,25)17-7-4-11-20-15-17;;/h1-7,11,15,21H,8-10,12-14,19H2;2*1H. The first kappa shape index (κ1) is 26.3. The summed E-state index contributed by atoms with van der Waals surface area (Å²) < 4.78 is 26.7. The topological polar surface area (TPSA) is 105 Å². The van der Waals surface area contributed by atoms with Gasteiger partial charge in [0, 0.05) is 45.0 Å². The largest absolute Gasteiger partial charge is 0.341 e. The van der Waals surface area contributed by atoms with Gasteiger partial charge in [0.05, 0.1) is 0 Å². The molecule has 3 N–H and O–H groups in total. The molecule has 0 aliphatic heterocycles. The van der Waals surface area contributed by atoms with Gasteiger partial charge in [0.25, 0.3) is 0 Å². The van der Waals surface area contributed by atoms with Crippen LogP contribution >= 0.6 is 24.8 Å². The fourth-order valence-corrected chi connectivity index (χ4v) is 3.46. The number of hydrogen-bond donors (Lipinski definition) is 2. The Bertz CT molecular complexity index is 793. The van der Waals surface area contributed by atoms with E-state index in [2.05, 4.69) is 9.71 Å². The molecule has 1 aromatic heterocycles. The summed E-state index contributed by atoms with van der Waals surface area (Å²) in [5, 5.41) is 0. The van der Waals surface area contributed by atoms with Crippen LogP contribution in [-0.2, 0) is 21.2 Å². The van der Waals surface area contributed by atoms with Gasteiger partial charge in [-0.1, -0.05) is 30.3 Å². The van der Waals surface area contributed by atoms with Crippen molar-refractivity contribution in [3.8, 4) is 0 Å². The number of carbonyl (C=O) groups is 1. The number of aromatic nitrogens is 1. The summed E-state index contributed by atoms with van der Waals surface area (Å²) in [6.45, 7) is 1.39. The second-order valence-corrected chi connectivity index (χ2v) is 7.51. The molecule has 2 aromatic rings. The second kappa shape index (κ2) is 13.5. The molecule has 10 heteroatoms. The van der Waals surface area contributed by atoms with Crippen LogP contribution in [0.25, 0.3) is 0 Å². The van der Waals surface area contributed by atoms with Crippen molar-refractivity contribution in [2.75, 3.05) is 26.2 Å². The van der Waals surface area contributed by atoms with Crippen molar-refractivity contribution >= 4 is 40.7 Å². The number of benzene rings is 1. The SMILES string of the molecule is Cl.Cl.NCCN(CCc1ccccc1)C(=O)CCNS(=O)(=O)c1cccnc1. The van der Waals surface area contributed by atoms with Crippen LogP contribution in [0.5, 0.6) is 0 Å². The summed E-state index contributed by atoms with van der Waals surface area (Å²) in [7, 11) is -3.66. The summed E-state index contributed by atoms with van der Waals surface area (Å²) in [5.74, 6) is -0.125. The van der Waals surface area contributed by atoms with Crippen LogP contribution in [0.1, 0.15) is 12.0 Å². The third kappa shape index (κ3) is 8.53. The number of rotatable bonds is 10. The first-order valence-corrected chi connectivity index (χ1v) is 9.92. The zero-order valence-electron chi connectivity index (χ0n) is 15.4. The van der Waals surface area contributed by atoms with Crippen LogP contribution in [0.2, 0.25) is 0 Å². The summed E-state index contributed by atoms with van der Waals surface area (Å²) in [4.78, 5) is 17.9. The van der Waals surface area contributed by atoms with Gasteiger partial charge in [0.2, 0.25) is 15.9 Å². The Balaban J connectivity index is 0.00000364. The zero-order chi connectivity index (χ0) is 18.8. The third-order valence-electron chi connectivity index (χ3n) is 3.84. The number of nitrogens with one attached hydrogen (secondary N) is 1. The monoisotopic (exact) mass is 448 g/mol. The first-order chi connectivity index (χ1) is 12.5. The lowest BCUT2D eigenvalue weighted by Gasteiger charge is -2.22. The highest BCUT2D eigenvalue weighted by molar-refractivity contribution is 7.89. The number of halogens is 2. The first-order valence-electron chi connectivity index (χ1n) is 8.44. The van der Waals surface area contributed by atoms with E-state index in [4.69, 9.17) is 5.73 Å². The van der Waals surface area contributed by atoms with Crippen molar-refractivity contribution in [3.63, 3.8) is 0 Å². The highest BCUT2D eigenvalue weighted by Crippen LogP contribution is 2.06. The average Bonchev–Trinajstić information content (AvgIpc) is 2.66. The minimum absolute atomic E-state index is 0. The third-order valence-corrected chi connectivity index (χ3v) is 5.29. The zero-order valence-corrected chi connectivity index (χ0v) is 17.8. The number of pyridine rings is 1. The number of amides is 1. The number of sulfonamides is 1. The Morgan fingerprint density at radius 1 is 1.07 bits per heavy atom. The van der Waals surface area contributed by atoms with E-state index in [1.54, 1.807) is 11.0 Å². The molecule has 0 bridgehead atoms. The molecule has 2 rings (SSSR count). The Morgan fingerprint density at radius 3 is 2.39 bits per heavy atom. The normalized spacial score (nSPS) is 10.5. The van der Waals surface area contributed by atoms with Crippen LogP contribution < -0.4 is 10.5 Å². The number of nitrogens with zero attached hydrogens (tertiary/aromatic N) is 2. The van der Waals surface area contributed by atoms with Gasteiger partial charge in [0.15, 0.2) is 0 Å². The van der Waals surface area contributed by atoms with Crippen molar-refractivity contribution in [3.05, 3.63) is 60.4 Å². The second-order valence-electron chi connectivity index (χ2n) is 5.74. The summed E-state index contributed by atoms with van der Waals surface area (Å²) in [6.07, 6.45) is 3.58. The van der Waals surface area contributed by atoms with E-state index in [-0.39, 0.29) is 48.6 Å². The maximum absolute atomic E-state index is 12.4. The van der Waals surface area contributed by atoms with Crippen LogP contribution in [0.4, 0.5) is 0 Å². The van der Waals surface area contributed by atoms with Gasteiger partial charge >= 0.3 is 0 Å². The quantitative estimate of drug-likeness (QED) is 0.574. The predicted octanol–water partition coefficient (Wildman–Crippen LogP) is 1.62. The van der Waals surface area contributed by atoms with E-state index in [1.807, 2.05) is 30.3 Å². The molecular formula is C18H26Cl2N4O3S. The molecular weight excluding hydrogens is 423 g/mol. The van der Waals surface area contributed by atoms with Crippen molar-refractivity contribution < 1.29 is 13.2 Å². The summed E-state index contributed by atoms with van der Waals surface area (Å²) in [6, 6.07) is 12.9. The maximum Gasteiger partial charge on any atom is 0.242 e. The van der Waals surface area contributed by atoms with E-state index in [9.17, 15) is 13.2 Å². The van der Waals surface area contributed by atoms with E-state index in [0.717, 1.165) is 12.0 Å². The smallest absolute Gasteiger partial charge is 0.242 e. The predicted molar refractivity (Wildman–Crippen MR) is 114 cm³/mol. The molecule has 28 heavy (non-hydrogen) atoms. The van der Waals surface area contributed by atoms with Gasteiger partial charge in [-0.2, -0.15) is 0 Å². The average molecular weight is 449 g/mol. The molecule has 1 amide bonds. The Kier molecular flexibility index (Phi) is 12.6. The van der Waals surface area contributed by atoms with Crippen molar-refractivity contribution in [1.82, 2.24) is 14.6 Å². The molecule has 0 aliphatic carbocycles. The lowest BCUT2D eigenvalue weighted by molar-refractivity contribution is -0.130. The van der Waals surface area contributed by atoms with Gasteiger partial charge in [-0.3, -0.25) is 9.78 Å². The van der Waals surface area contributed by atoms with Crippen LogP contribution in [0, 0.1) is 0 Å². The van der Waals surface area contributed by atoms with E-state index in [0.29, 0.717) is 19.6 Å².